The first-order valence-corrected chi connectivity index (χ1v) is 10.1. The summed E-state index contributed by atoms with van der Waals surface area (Å²) in [7, 11) is 0. The third-order valence-corrected chi connectivity index (χ3v) is 5.28. The first kappa shape index (κ1) is 20.4. The van der Waals surface area contributed by atoms with Crippen LogP contribution in [0.2, 0.25) is 5.02 Å². The van der Waals surface area contributed by atoms with Crippen molar-refractivity contribution >= 4 is 57.8 Å². The van der Waals surface area contributed by atoms with Gasteiger partial charge >= 0.3 is 0 Å². The molecular weight excluding hydrogens is 416 g/mol. The van der Waals surface area contributed by atoms with Crippen LogP contribution in [0.4, 0.5) is 0 Å². The zero-order valence-electron chi connectivity index (χ0n) is 15.1. The number of hydrogen-bond acceptors (Lipinski definition) is 5. The number of rotatable bonds is 5. The van der Waals surface area contributed by atoms with Gasteiger partial charge < -0.3 is 4.74 Å². The lowest BCUT2D eigenvalue weighted by Crippen LogP contribution is -2.44. The highest BCUT2D eigenvalue weighted by atomic mass is 35.5. The van der Waals surface area contributed by atoms with E-state index >= 15 is 0 Å². The van der Waals surface area contributed by atoms with Crippen LogP contribution in [0.1, 0.15) is 29.8 Å². The van der Waals surface area contributed by atoms with E-state index in [1.54, 1.807) is 30.3 Å². The first-order chi connectivity index (χ1) is 13.3. The molecule has 1 fully saturated rings. The van der Waals surface area contributed by atoms with E-state index in [9.17, 15) is 9.59 Å². The number of hydrazine groups is 1. The van der Waals surface area contributed by atoms with Crippen LogP contribution in [-0.2, 0) is 4.79 Å². The summed E-state index contributed by atoms with van der Waals surface area (Å²) < 4.78 is 5.92. The molecule has 2 aromatic rings. The molecule has 3 rings (SSSR count). The van der Waals surface area contributed by atoms with Gasteiger partial charge in [-0.2, -0.15) is 5.01 Å². The summed E-state index contributed by atoms with van der Waals surface area (Å²) >= 11 is 12.4. The van der Waals surface area contributed by atoms with Crippen LogP contribution in [0, 0.1) is 0 Å². The van der Waals surface area contributed by atoms with Crippen LogP contribution >= 0.6 is 35.6 Å². The van der Waals surface area contributed by atoms with Gasteiger partial charge in [0.2, 0.25) is 0 Å². The number of ether oxygens (including phenoxy) is 1. The lowest BCUT2D eigenvalue weighted by molar-refractivity contribution is -0.123. The van der Waals surface area contributed by atoms with Crippen LogP contribution in [0.15, 0.2) is 53.4 Å². The van der Waals surface area contributed by atoms with Crippen LogP contribution < -0.4 is 10.2 Å². The number of hydrogen-bond donors (Lipinski definition) is 1. The van der Waals surface area contributed by atoms with Gasteiger partial charge in [0.1, 0.15) is 5.75 Å². The van der Waals surface area contributed by atoms with Gasteiger partial charge in [-0.15, -0.1) is 0 Å². The van der Waals surface area contributed by atoms with Gasteiger partial charge in [0.05, 0.1) is 21.6 Å². The molecule has 1 heterocycles. The molecule has 2 aromatic carbocycles. The standard InChI is InChI=1S/C20H17ClN2O3S2/c1-12(2)26-14-7-5-6-13(10-14)11-17-19(25)23(20(27)28-17)22-18(24)15-8-3-4-9-16(15)21/h3-12H,1-2H3,(H,22,24)/b17-11+. The second-order valence-electron chi connectivity index (χ2n) is 6.18. The second-order valence-corrected chi connectivity index (χ2v) is 8.26. The summed E-state index contributed by atoms with van der Waals surface area (Å²) in [5.74, 6) is -0.188. The van der Waals surface area contributed by atoms with Crippen molar-refractivity contribution in [2.75, 3.05) is 0 Å². The highest BCUT2D eigenvalue weighted by Crippen LogP contribution is 2.32. The lowest BCUT2D eigenvalue weighted by atomic mass is 10.2. The van der Waals surface area contributed by atoms with Crippen LogP contribution in [0.3, 0.4) is 0 Å². The van der Waals surface area contributed by atoms with Gasteiger partial charge in [-0.3, -0.25) is 15.0 Å². The monoisotopic (exact) mass is 432 g/mol. The van der Waals surface area contributed by atoms with Gasteiger partial charge in [-0.05, 0) is 62.0 Å². The van der Waals surface area contributed by atoms with Crippen LogP contribution in [-0.4, -0.2) is 27.2 Å². The summed E-state index contributed by atoms with van der Waals surface area (Å²) in [6.07, 6.45) is 1.77. The van der Waals surface area contributed by atoms with Gasteiger partial charge in [0.25, 0.3) is 11.8 Å². The number of thiocarbonyl (C=S) groups is 1. The maximum atomic E-state index is 12.7. The van der Waals surface area contributed by atoms with Gasteiger partial charge in [0, 0.05) is 0 Å². The fraction of sp³-hybridized carbons (Fsp3) is 0.150. The number of nitrogens with one attached hydrogen (secondary N) is 1. The van der Waals surface area contributed by atoms with E-state index in [4.69, 9.17) is 28.6 Å². The quantitative estimate of drug-likeness (QED) is 0.549. The van der Waals surface area contributed by atoms with E-state index in [2.05, 4.69) is 5.43 Å². The summed E-state index contributed by atoms with van der Waals surface area (Å²) in [5, 5.41) is 1.36. The van der Waals surface area contributed by atoms with E-state index in [1.165, 1.54) is 0 Å². The SMILES string of the molecule is CC(C)Oc1cccc(/C=C2/SC(=S)N(NC(=O)c3ccccc3Cl)C2=O)c1. The zero-order valence-corrected chi connectivity index (χ0v) is 17.5. The Bertz CT molecular complexity index is 975. The predicted octanol–water partition coefficient (Wildman–Crippen LogP) is 4.67. The molecule has 144 valence electrons. The van der Waals surface area contributed by atoms with E-state index in [1.807, 2.05) is 38.1 Å². The average Bonchev–Trinajstić information content (AvgIpc) is 2.89. The number of halogens is 1. The first-order valence-electron chi connectivity index (χ1n) is 8.45. The molecule has 5 nitrogen and oxygen atoms in total. The molecule has 0 aromatic heterocycles. The molecule has 8 heteroatoms. The molecule has 28 heavy (non-hydrogen) atoms. The Hall–Kier alpha value is -2.35. The largest absolute Gasteiger partial charge is 0.491 e. The molecule has 0 spiro atoms. The number of carbonyl (C=O) groups excluding carboxylic acids is 2. The Morgan fingerprint density at radius 2 is 2.00 bits per heavy atom. The molecule has 0 atom stereocenters. The van der Waals surface area contributed by atoms with Crippen LogP contribution in [0.5, 0.6) is 5.75 Å². The highest BCUT2D eigenvalue weighted by Gasteiger charge is 2.34. The highest BCUT2D eigenvalue weighted by molar-refractivity contribution is 8.26. The minimum absolute atomic E-state index is 0.0495. The fourth-order valence-corrected chi connectivity index (χ4v) is 3.87. The molecule has 0 radical (unpaired) electrons. The maximum absolute atomic E-state index is 12.7. The minimum atomic E-state index is -0.504. The van der Waals surface area contributed by atoms with Crippen molar-refractivity contribution in [2.45, 2.75) is 20.0 Å². The average molecular weight is 433 g/mol. The van der Waals surface area contributed by atoms with E-state index in [0.717, 1.165) is 22.3 Å². The van der Waals surface area contributed by atoms with Crippen molar-refractivity contribution in [3.63, 3.8) is 0 Å². The number of thioether (sulfide) groups is 1. The van der Waals surface area contributed by atoms with Crippen molar-refractivity contribution in [1.82, 2.24) is 10.4 Å². The molecule has 0 aliphatic carbocycles. The third-order valence-electron chi connectivity index (χ3n) is 3.65. The Labute approximate surface area is 177 Å². The maximum Gasteiger partial charge on any atom is 0.285 e. The molecule has 0 saturated carbocycles. The summed E-state index contributed by atoms with van der Waals surface area (Å²) in [6.45, 7) is 3.89. The molecule has 2 amide bonds. The van der Waals surface area contributed by atoms with Crippen molar-refractivity contribution < 1.29 is 14.3 Å². The molecule has 1 saturated heterocycles. The molecule has 0 unspecified atom stereocenters. The Morgan fingerprint density at radius 3 is 2.71 bits per heavy atom. The second kappa shape index (κ2) is 8.77. The third kappa shape index (κ3) is 4.73. The topological polar surface area (TPSA) is 58.6 Å². The van der Waals surface area contributed by atoms with Gasteiger partial charge in [0.15, 0.2) is 4.32 Å². The van der Waals surface area contributed by atoms with E-state index < -0.39 is 11.8 Å². The Kier molecular flexibility index (Phi) is 6.39. The molecular formula is C20H17ClN2O3S2. The van der Waals surface area contributed by atoms with Gasteiger partial charge in [-0.1, -0.05) is 47.6 Å². The molecule has 1 aliphatic heterocycles. The van der Waals surface area contributed by atoms with Crippen LogP contribution in [0.25, 0.3) is 6.08 Å². The minimum Gasteiger partial charge on any atom is -0.491 e. The van der Waals surface area contributed by atoms with E-state index in [-0.39, 0.29) is 16.0 Å². The Morgan fingerprint density at radius 1 is 1.25 bits per heavy atom. The molecule has 1 N–H and O–H groups in total. The molecule has 0 bridgehead atoms. The van der Waals surface area contributed by atoms with E-state index in [0.29, 0.717) is 15.7 Å². The molecule has 1 aliphatic rings. The number of nitrogens with zero attached hydrogens (tertiary/aromatic N) is 1. The van der Waals surface area contributed by atoms with Crippen molar-refractivity contribution in [3.05, 3.63) is 69.6 Å². The smallest absolute Gasteiger partial charge is 0.285 e. The Balaban J connectivity index is 1.77. The van der Waals surface area contributed by atoms with Gasteiger partial charge in [-0.25, -0.2) is 0 Å². The number of amides is 2. The summed E-state index contributed by atoms with van der Waals surface area (Å²) in [4.78, 5) is 25.5. The number of benzene rings is 2. The normalized spacial score (nSPS) is 15.4. The summed E-state index contributed by atoms with van der Waals surface area (Å²) in [6, 6.07) is 14.0. The van der Waals surface area contributed by atoms with Crippen molar-refractivity contribution in [2.24, 2.45) is 0 Å². The lowest BCUT2D eigenvalue weighted by Gasteiger charge is -2.16. The van der Waals surface area contributed by atoms with Crippen molar-refractivity contribution in [3.8, 4) is 5.75 Å². The fourth-order valence-electron chi connectivity index (χ4n) is 2.47. The number of carbonyl (C=O) groups is 2. The zero-order chi connectivity index (χ0) is 20.3. The summed E-state index contributed by atoms with van der Waals surface area (Å²) in [5.41, 5.74) is 3.59. The predicted molar refractivity (Wildman–Crippen MR) is 116 cm³/mol. The van der Waals surface area contributed by atoms with Crippen molar-refractivity contribution in [1.29, 1.82) is 0 Å².